The summed E-state index contributed by atoms with van der Waals surface area (Å²) in [7, 11) is -3.64. The van der Waals surface area contributed by atoms with E-state index in [1.165, 1.54) is 22.8 Å². The van der Waals surface area contributed by atoms with Crippen molar-refractivity contribution in [3.05, 3.63) is 77.3 Å². The van der Waals surface area contributed by atoms with Gasteiger partial charge in [0.2, 0.25) is 10.0 Å². The van der Waals surface area contributed by atoms with Crippen LogP contribution < -0.4 is 0 Å². The number of benzene rings is 2. The molecule has 0 spiro atoms. The quantitative estimate of drug-likeness (QED) is 0.619. The predicted molar refractivity (Wildman–Crippen MR) is 109 cm³/mol. The summed E-state index contributed by atoms with van der Waals surface area (Å²) in [6.45, 7) is 1.99. The minimum absolute atomic E-state index is 0.159. The summed E-state index contributed by atoms with van der Waals surface area (Å²) in [5.41, 5.74) is 1.23. The van der Waals surface area contributed by atoms with Crippen LogP contribution >= 0.6 is 11.6 Å². The summed E-state index contributed by atoms with van der Waals surface area (Å²) in [5.74, 6) is -0.346. The highest BCUT2D eigenvalue weighted by Gasteiger charge is 2.30. The maximum absolute atomic E-state index is 14.0. The second kappa shape index (κ2) is 8.23. The van der Waals surface area contributed by atoms with Crippen molar-refractivity contribution in [2.24, 2.45) is 0 Å². The molecular weight excluding hydrogens is 415 g/mol. The van der Waals surface area contributed by atoms with Gasteiger partial charge in [-0.2, -0.15) is 9.40 Å². The van der Waals surface area contributed by atoms with Crippen molar-refractivity contribution < 1.29 is 12.8 Å². The van der Waals surface area contributed by atoms with Crippen molar-refractivity contribution in [1.29, 1.82) is 0 Å². The molecule has 29 heavy (non-hydrogen) atoms. The molecule has 0 radical (unpaired) electrons. The van der Waals surface area contributed by atoms with Gasteiger partial charge >= 0.3 is 0 Å². The van der Waals surface area contributed by atoms with E-state index in [2.05, 4.69) is 5.10 Å². The maximum atomic E-state index is 14.0. The van der Waals surface area contributed by atoms with Gasteiger partial charge in [-0.3, -0.25) is 4.90 Å². The molecular formula is C20H20ClFN4O2S. The van der Waals surface area contributed by atoms with Crippen molar-refractivity contribution in [1.82, 2.24) is 19.0 Å². The number of rotatable bonds is 5. The molecule has 6 nitrogen and oxygen atoms in total. The van der Waals surface area contributed by atoms with Gasteiger partial charge in [-0.05, 0) is 24.3 Å². The highest BCUT2D eigenvalue weighted by Crippen LogP contribution is 2.23. The van der Waals surface area contributed by atoms with Crippen molar-refractivity contribution >= 4 is 21.6 Å². The van der Waals surface area contributed by atoms with Crippen LogP contribution in [0.5, 0.6) is 0 Å². The van der Waals surface area contributed by atoms with E-state index in [1.54, 1.807) is 16.8 Å². The Bertz CT molecular complexity index is 1080. The third-order valence-corrected chi connectivity index (χ3v) is 7.20. The molecule has 3 aromatic rings. The fourth-order valence-electron chi connectivity index (χ4n) is 3.35. The third-order valence-electron chi connectivity index (χ3n) is 4.99. The molecule has 0 atom stereocenters. The van der Waals surface area contributed by atoms with Gasteiger partial charge in [-0.1, -0.05) is 35.9 Å². The predicted octanol–water partition coefficient (Wildman–Crippen LogP) is 3.17. The molecule has 1 aromatic heterocycles. The van der Waals surface area contributed by atoms with Crippen LogP contribution in [-0.4, -0.2) is 53.6 Å². The first-order chi connectivity index (χ1) is 13.9. The Hall–Kier alpha value is -2.26. The number of piperazine rings is 1. The molecule has 1 aliphatic heterocycles. The third kappa shape index (κ3) is 4.20. The van der Waals surface area contributed by atoms with E-state index in [1.807, 2.05) is 35.2 Å². The van der Waals surface area contributed by atoms with Gasteiger partial charge in [0.1, 0.15) is 10.7 Å². The van der Waals surface area contributed by atoms with E-state index >= 15 is 0 Å². The second-order valence-electron chi connectivity index (χ2n) is 6.84. The zero-order valence-electron chi connectivity index (χ0n) is 15.6. The lowest BCUT2D eigenvalue weighted by molar-refractivity contribution is 0.180. The van der Waals surface area contributed by atoms with Crippen molar-refractivity contribution in [3.63, 3.8) is 0 Å². The molecule has 0 saturated carbocycles. The molecule has 2 heterocycles. The summed E-state index contributed by atoms with van der Waals surface area (Å²) >= 11 is 6.10. The molecule has 4 rings (SSSR count). The Kier molecular flexibility index (Phi) is 5.69. The first-order valence-corrected chi connectivity index (χ1v) is 11.0. The minimum Gasteiger partial charge on any atom is -0.296 e. The lowest BCUT2D eigenvalue weighted by Crippen LogP contribution is -2.48. The number of aromatic nitrogens is 2. The lowest BCUT2D eigenvalue weighted by atomic mass is 10.2. The minimum atomic E-state index is -3.64. The average molecular weight is 435 g/mol. The van der Waals surface area contributed by atoms with E-state index in [9.17, 15) is 12.8 Å². The average Bonchev–Trinajstić information content (AvgIpc) is 3.23. The molecule has 0 N–H and O–H groups in total. The SMILES string of the molecule is O=S(=O)(c1cnn(-c2ccccc2)c1)N1CCN(Cc2c(F)cccc2Cl)CC1. The van der Waals surface area contributed by atoms with Gasteiger partial charge in [0.15, 0.2) is 0 Å². The van der Waals surface area contributed by atoms with Gasteiger partial charge in [0, 0.05) is 43.3 Å². The normalized spacial score (nSPS) is 16.2. The molecule has 0 aliphatic carbocycles. The lowest BCUT2D eigenvalue weighted by Gasteiger charge is -2.33. The van der Waals surface area contributed by atoms with E-state index in [-0.39, 0.29) is 10.7 Å². The van der Waals surface area contributed by atoms with Crippen LogP contribution in [0, 0.1) is 5.82 Å². The van der Waals surface area contributed by atoms with E-state index in [0.29, 0.717) is 43.3 Å². The summed E-state index contributed by atoms with van der Waals surface area (Å²) in [4.78, 5) is 2.16. The fourth-order valence-corrected chi connectivity index (χ4v) is 4.92. The van der Waals surface area contributed by atoms with Crippen molar-refractivity contribution in [2.45, 2.75) is 11.4 Å². The number of sulfonamides is 1. The molecule has 152 valence electrons. The number of para-hydroxylation sites is 1. The standard InChI is InChI=1S/C20H20ClFN4O2S/c21-19-7-4-8-20(22)18(19)15-24-9-11-25(12-10-24)29(27,28)17-13-23-26(14-17)16-5-2-1-3-6-16/h1-8,13-14H,9-12,15H2. The fraction of sp³-hybridized carbons (Fsp3) is 0.250. The van der Waals surface area contributed by atoms with Gasteiger partial charge in [-0.15, -0.1) is 0 Å². The molecule has 0 unspecified atom stereocenters. The zero-order valence-corrected chi connectivity index (χ0v) is 17.2. The van der Waals surface area contributed by atoms with Crippen LogP contribution in [0.1, 0.15) is 5.56 Å². The number of nitrogens with zero attached hydrogens (tertiary/aromatic N) is 4. The Balaban J connectivity index is 1.43. The Morgan fingerprint density at radius 2 is 1.72 bits per heavy atom. The van der Waals surface area contributed by atoms with Gasteiger partial charge in [0.05, 0.1) is 18.1 Å². The van der Waals surface area contributed by atoms with E-state index < -0.39 is 10.0 Å². The van der Waals surface area contributed by atoms with Crippen LogP contribution in [-0.2, 0) is 16.6 Å². The molecule has 9 heteroatoms. The Morgan fingerprint density at radius 1 is 1.00 bits per heavy atom. The Morgan fingerprint density at radius 3 is 2.41 bits per heavy atom. The van der Waals surface area contributed by atoms with Crippen LogP contribution in [0.2, 0.25) is 5.02 Å². The number of hydrogen-bond acceptors (Lipinski definition) is 4. The van der Waals surface area contributed by atoms with E-state index in [0.717, 1.165) is 5.69 Å². The van der Waals surface area contributed by atoms with E-state index in [4.69, 9.17) is 11.6 Å². The first-order valence-electron chi connectivity index (χ1n) is 9.20. The van der Waals surface area contributed by atoms with Crippen LogP contribution in [0.15, 0.2) is 65.8 Å². The van der Waals surface area contributed by atoms with Gasteiger partial charge in [0.25, 0.3) is 0 Å². The Labute approximate surface area is 174 Å². The largest absolute Gasteiger partial charge is 0.296 e. The summed E-state index contributed by atoms with van der Waals surface area (Å²) in [6, 6.07) is 13.9. The van der Waals surface area contributed by atoms with Crippen molar-refractivity contribution in [2.75, 3.05) is 26.2 Å². The first kappa shape index (κ1) is 20.0. The summed E-state index contributed by atoms with van der Waals surface area (Å²) in [5, 5.41) is 4.56. The highest BCUT2D eigenvalue weighted by atomic mass is 35.5. The van der Waals surface area contributed by atoms with Crippen LogP contribution in [0.3, 0.4) is 0 Å². The smallest absolute Gasteiger partial charge is 0.246 e. The topological polar surface area (TPSA) is 58.4 Å². The summed E-state index contributed by atoms with van der Waals surface area (Å²) in [6.07, 6.45) is 2.89. The maximum Gasteiger partial charge on any atom is 0.246 e. The number of halogens is 2. The molecule has 0 bridgehead atoms. The molecule has 1 fully saturated rings. The molecule has 0 amide bonds. The zero-order chi connectivity index (χ0) is 20.4. The van der Waals surface area contributed by atoms with Crippen LogP contribution in [0.4, 0.5) is 4.39 Å². The molecule has 2 aromatic carbocycles. The molecule has 1 aliphatic rings. The van der Waals surface area contributed by atoms with Gasteiger partial charge < -0.3 is 0 Å². The second-order valence-corrected chi connectivity index (χ2v) is 9.18. The van der Waals surface area contributed by atoms with Crippen LogP contribution in [0.25, 0.3) is 5.69 Å². The monoisotopic (exact) mass is 434 g/mol. The summed E-state index contributed by atoms with van der Waals surface area (Å²) < 4.78 is 43.0. The van der Waals surface area contributed by atoms with Gasteiger partial charge in [-0.25, -0.2) is 17.5 Å². The molecule has 1 saturated heterocycles. The highest BCUT2D eigenvalue weighted by molar-refractivity contribution is 7.89. The number of hydrogen-bond donors (Lipinski definition) is 0. The van der Waals surface area contributed by atoms with Crippen molar-refractivity contribution in [3.8, 4) is 5.69 Å².